The number of carboxylic acid groups (broad SMARTS) is 2. The van der Waals surface area contributed by atoms with Gasteiger partial charge in [-0.05, 0) is 33.4 Å². The molecule has 0 fully saturated rings. The number of terminal acetylenes is 1. The van der Waals surface area contributed by atoms with Gasteiger partial charge >= 0.3 is 17.9 Å². The van der Waals surface area contributed by atoms with Gasteiger partial charge in [0.1, 0.15) is 0 Å². The summed E-state index contributed by atoms with van der Waals surface area (Å²) in [6, 6.07) is 0. The number of hydrogen-bond donors (Lipinski definition) is 2. The summed E-state index contributed by atoms with van der Waals surface area (Å²) in [6.45, 7) is 3.99. The average Bonchev–Trinajstić information content (AvgIpc) is 2.39. The van der Waals surface area contributed by atoms with Crippen LogP contribution in [0.5, 0.6) is 0 Å². The number of rotatable bonds is 8. The number of carbonyl (C=O) groups is 3. The number of esters is 1. The van der Waals surface area contributed by atoms with Crippen LogP contribution in [0.2, 0.25) is 0 Å². The van der Waals surface area contributed by atoms with Gasteiger partial charge in [-0.2, -0.15) is 0 Å². The van der Waals surface area contributed by atoms with Gasteiger partial charge in [-0.1, -0.05) is 12.3 Å². The Kier molecular flexibility index (Phi) is 14.5. The van der Waals surface area contributed by atoms with E-state index >= 15 is 0 Å². The van der Waals surface area contributed by atoms with Crippen LogP contribution in [0.15, 0.2) is 0 Å². The molecule has 0 aromatic rings. The molecule has 0 saturated carbocycles. The fourth-order valence-electron chi connectivity index (χ4n) is 1.30. The number of carbonyl (C=O) groups excluding carboxylic acids is 1. The lowest BCUT2D eigenvalue weighted by molar-refractivity contribution is -0.159. The first-order valence-corrected chi connectivity index (χ1v) is 6.58. The van der Waals surface area contributed by atoms with Gasteiger partial charge in [-0.3, -0.25) is 9.69 Å². The van der Waals surface area contributed by atoms with Crippen molar-refractivity contribution in [3.05, 3.63) is 0 Å². The van der Waals surface area contributed by atoms with Crippen LogP contribution in [0.1, 0.15) is 32.6 Å². The molecule has 0 aliphatic heterocycles. The summed E-state index contributed by atoms with van der Waals surface area (Å²) in [5, 5.41) is 14.8. The highest BCUT2D eigenvalue weighted by Gasteiger charge is 2.04. The van der Waals surface area contributed by atoms with Crippen LogP contribution in [0, 0.1) is 12.3 Å². The summed E-state index contributed by atoms with van der Waals surface area (Å²) in [6.07, 6.45) is 8.75. The van der Waals surface area contributed by atoms with Crippen molar-refractivity contribution < 1.29 is 29.3 Å². The van der Waals surface area contributed by atoms with Gasteiger partial charge in [0, 0.05) is 6.42 Å². The Morgan fingerprint density at radius 2 is 1.71 bits per heavy atom. The molecule has 2 N–H and O–H groups in total. The summed E-state index contributed by atoms with van der Waals surface area (Å²) < 4.78 is 4.83. The van der Waals surface area contributed by atoms with Crippen molar-refractivity contribution in [2.45, 2.75) is 32.6 Å². The predicted octanol–water partition coefficient (Wildman–Crippen LogP) is 0.831. The molecule has 7 heteroatoms. The first kappa shape index (κ1) is 21.2. The highest BCUT2D eigenvalue weighted by atomic mass is 16.5. The zero-order valence-corrected chi connectivity index (χ0v) is 12.5. The van der Waals surface area contributed by atoms with E-state index < -0.39 is 11.9 Å². The third-order valence-electron chi connectivity index (χ3n) is 2.27. The van der Waals surface area contributed by atoms with E-state index in [2.05, 4.69) is 10.8 Å². The number of unbranched alkanes of at least 4 members (excludes halogenated alkanes) is 2. The molecule has 0 spiro atoms. The molecular weight excluding hydrogens is 278 g/mol. The first-order valence-electron chi connectivity index (χ1n) is 6.58. The second-order valence-electron chi connectivity index (χ2n) is 4.17. The average molecular weight is 301 g/mol. The summed E-state index contributed by atoms with van der Waals surface area (Å²) in [5.74, 6) is -1.14. The molecule has 0 heterocycles. The largest absolute Gasteiger partial charge is 0.473 e. The van der Waals surface area contributed by atoms with Crippen molar-refractivity contribution in [2.24, 2.45) is 0 Å². The van der Waals surface area contributed by atoms with Gasteiger partial charge in [0.2, 0.25) is 0 Å². The zero-order chi connectivity index (χ0) is 16.7. The Bertz CT molecular complexity index is 349. The molecule has 0 aromatic heterocycles. The second-order valence-corrected chi connectivity index (χ2v) is 4.17. The minimum Gasteiger partial charge on any atom is -0.473 e. The Hall–Kier alpha value is -2.07. The van der Waals surface area contributed by atoms with Crippen LogP contribution < -0.4 is 0 Å². The molecule has 0 unspecified atom stereocenters. The van der Waals surface area contributed by atoms with E-state index in [-0.39, 0.29) is 5.97 Å². The maximum atomic E-state index is 11.0. The number of aliphatic carboxylic acids is 2. The van der Waals surface area contributed by atoms with Crippen LogP contribution >= 0.6 is 0 Å². The fraction of sp³-hybridized carbons (Fsp3) is 0.643. The molecule has 0 bridgehead atoms. The van der Waals surface area contributed by atoms with E-state index in [1.165, 1.54) is 0 Å². The number of ether oxygens (including phenoxy) is 1. The molecule has 0 aliphatic carbocycles. The molecule has 0 aliphatic rings. The Morgan fingerprint density at radius 3 is 2.14 bits per heavy atom. The van der Waals surface area contributed by atoms with E-state index in [1.807, 2.05) is 14.0 Å². The summed E-state index contributed by atoms with van der Waals surface area (Å²) in [4.78, 5) is 31.3. The third kappa shape index (κ3) is 17.9. The molecule has 0 saturated heterocycles. The minimum atomic E-state index is -1.82. The van der Waals surface area contributed by atoms with Crippen molar-refractivity contribution in [3.8, 4) is 12.3 Å². The molecule has 0 rings (SSSR count). The fourth-order valence-corrected chi connectivity index (χ4v) is 1.30. The molecule has 21 heavy (non-hydrogen) atoms. The molecule has 120 valence electrons. The number of hydrogen-bond acceptors (Lipinski definition) is 5. The molecule has 0 aromatic carbocycles. The topological polar surface area (TPSA) is 104 Å². The van der Waals surface area contributed by atoms with Gasteiger partial charge in [0.15, 0.2) is 0 Å². The van der Waals surface area contributed by atoms with Gasteiger partial charge in [-0.25, -0.2) is 9.59 Å². The monoisotopic (exact) mass is 301 g/mol. The molecular formula is C14H23NO6. The SMILES string of the molecule is C#CCN(C)CCCCCC(=O)OCC.O=C(O)C(=O)O. The molecule has 0 radical (unpaired) electrons. The number of carboxylic acids is 2. The van der Waals surface area contributed by atoms with Crippen molar-refractivity contribution >= 4 is 17.9 Å². The van der Waals surface area contributed by atoms with Crippen LogP contribution in [-0.2, 0) is 19.1 Å². The van der Waals surface area contributed by atoms with E-state index in [0.717, 1.165) is 25.8 Å². The lowest BCUT2D eigenvalue weighted by Crippen LogP contribution is -2.19. The van der Waals surface area contributed by atoms with Gasteiger partial charge in [0.05, 0.1) is 13.2 Å². The quantitative estimate of drug-likeness (QED) is 0.296. The van der Waals surface area contributed by atoms with Crippen LogP contribution in [0.3, 0.4) is 0 Å². The maximum absolute atomic E-state index is 11.0. The van der Waals surface area contributed by atoms with Crippen molar-refractivity contribution in [1.29, 1.82) is 0 Å². The Balaban J connectivity index is 0. The van der Waals surface area contributed by atoms with E-state index in [1.54, 1.807) is 0 Å². The Morgan fingerprint density at radius 1 is 1.14 bits per heavy atom. The van der Waals surface area contributed by atoms with Crippen molar-refractivity contribution in [1.82, 2.24) is 4.90 Å². The summed E-state index contributed by atoms with van der Waals surface area (Å²) in [5.41, 5.74) is 0. The molecule has 0 atom stereocenters. The Labute approximate surface area is 124 Å². The zero-order valence-electron chi connectivity index (χ0n) is 12.5. The van der Waals surface area contributed by atoms with Crippen LogP contribution in [0.4, 0.5) is 0 Å². The van der Waals surface area contributed by atoms with Crippen LogP contribution in [-0.4, -0.2) is 59.8 Å². The minimum absolute atomic E-state index is 0.0884. The smallest absolute Gasteiger partial charge is 0.414 e. The molecule has 0 amide bonds. The van der Waals surface area contributed by atoms with E-state index in [0.29, 0.717) is 19.6 Å². The first-order chi connectivity index (χ1) is 9.84. The summed E-state index contributed by atoms with van der Waals surface area (Å²) in [7, 11) is 2.01. The lowest BCUT2D eigenvalue weighted by Gasteiger charge is -2.12. The highest BCUT2D eigenvalue weighted by Crippen LogP contribution is 2.02. The van der Waals surface area contributed by atoms with Crippen molar-refractivity contribution in [3.63, 3.8) is 0 Å². The second kappa shape index (κ2) is 14.3. The van der Waals surface area contributed by atoms with E-state index in [9.17, 15) is 4.79 Å². The normalized spacial score (nSPS) is 9.24. The van der Waals surface area contributed by atoms with E-state index in [4.69, 9.17) is 31.0 Å². The van der Waals surface area contributed by atoms with Gasteiger partial charge < -0.3 is 14.9 Å². The van der Waals surface area contributed by atoms with Crippen LogP contribution in [0.25, 0.3) is 0 Å². The summed E-state index contributed by atoms with van der Waals surface area (Å²) >= 11 is 0. The number of nitrogens with zero attached hydrogens (tertiary/aromatic N) is 1. The van der Waals surface area contributed by atoms with Gasteiger partial charge in [0.25, 0.3) is 0 Å². The van der Waals surface area contributed by atoms with Gasteiger partial charge in [-0.15, -0.1) is 6.42 Å². The lowest BCUT2D eigenvalue weighted by atomic mass is 10.2. The third-order valence-corrected chi connectivity index (χ3v) is 2.27. The highest BCUT2D eigenvalue weighted by molar-refractivity contribution is 6.27. The maximum Gasteiger partial charge on any atom is 0.414 e. The predicted molar refractivity (Wildman–Crippen MR) is 76.7 cm³/mol. The molecule has 7 nitrogen and oxygen atoms in total. The standard InChI is InChI=1S/C12H21NO2.C2H2O4/c1-4-10-13(3)11-8-6-7-9-12(14)15-5-2;3-1(4)2(5)6/h1H,5-11H2,2-3H3;(H,3,4)(H,5,6). The van der Waals surface area contributed by atoms with Crippen molar-refractivity contribution in [2.75, 3.05) is 26.7 Å².